The van der Waals surface area contributed by atoms with Crippen molar-refractivity contribution in [2.75, 3.05) is 10.6 Å². The highest BCUT2D eigenvalue weighted by Gasteiger charge is 2.13. The first kappa shape index (κ1) is 15.2. The van der Waals surface area contributed by atoms with Gasteiger partial charge in [0.2, 0.25) is 11.8 Å². The fourth-order valence-corrected chi connectivity index (χ4v) is 1.46. The van der Waals surface area contributed by atoms with E-state index in [9.17, 15) is 9.59 Å². The van der Waals surface area contributed by atoms with Gasteiger partial charge in [-0.25, -0.2) is 0 Å². The molecule has 4 nitrogen and oxygen atoms in total. The second-order valence-corrected chi connectivity index (χ2v) is 5.27. The average Bonchev–Trinajstić information content (AvgIpc) is 2.33. The van der Waals surface area contributed by atoms with Crippen LogP contribution in [0.4, 0.5) is 11.4 Å². The van der Waals surface area contributed by atoms with Crippen LogP contribution in [0.3, 0.4) is 0 Å². The van der Waals surface area contributed by atoms with Crippen molar-refractivity contribution in [1.29, 1.82) is 0 Å². The first-order valence-electron chi connectivity index (χ1n) is 6.54. The summed E-state index contributed by atoms with van der Waals surface area (Å²) in [5.74, 6) is -0.215. The Morgan fingerprint density at radius 3 is 1.58 bits per heavy atom. The van der Waals surface area contributed by atoms with Crippen molar-refractivity contribution in [3.8, 4) is 0 Å². The van der Waals surface area contributed by atoms with E-state index >= 15 is 0 Å². The van der Waals surface area contributed by atoms with Gasteiger partial charge in [0.25, 0.3) is 0 Å². The molecule has 4 heteroatoms. The van der Waals surface area contributed by atoms with Crippen molar-refractivity contribution in [3.05, 3.63) is 23.8 Å². The molecule has 0 atom stereocenters. The van der Waals surface area contributed by atoms with Crippen LogP contribution in [0, 0.1) is 18.8 Å². The minimum absolute atomic E-state index is 0.0320. The zero-order valence-corrected chi connectivity index (χ0v) is 12.2. The normalized spacial score (nSPS) is 10.7. The van der Waals surface area contributed by atoms with Gasteiger partial charge in [-0.05, 0) is 24.6 Å². The summed E-state index contributed by atoms with van der Waals surface area (Å²) in [6.07, 6.45) is 0. The molecule has 1 aromatic rings. The standard InChI is InChI=1S/C15H22N2O2/c1-9(2)14(18)16-12-7-6-8-13(11(12)5)17-15(19)10(3)4/h6-10H,1-5H3,(H,16,18)(H,17,19). The fourth-order valence-electron chi connectivity index (χ4n) is 1.46. The Kier molecular flexibility index (Phi) is 5.10. The van der Waals surface area contributed by atoms with Crippen molar-refractivity contribution >= 4 is 23.2 Å². The molecule has 1 aromatic carbocycles. The highest BCUT2D eigenvalue weighted by atomic mass is 16.2. The lowest BCUT2D eigenvalue weighted by molar-refractivity contribution is -0.119. The third-order valence-corrected chi connectivity index (χ3v) is 2.90. The van der Waals surface area contributed by atoms with E-state index in [2.05, 4.69) is 10.6 Å². The molecule has 0 saturated carbocycles. The number of nitrogens with one attached hydrogen (secondary N) is 2. The number of carbonyl (C=O) groups is 2. The molecule has 0 radical (unpaired) electrons. The van der Waals surface area contributed by atoms with Gasteiger partial charge in [-0.1, -0.05) is 33.8 Å². The highest BCUT2D eigenvalue weighted by Crippen LogP contribution is 2.24. The van der Waals surface area contributed by atoms with E-state index in [0.717, 1.165) is 16.9 Å². The molecule has 0 aliphatic rings. The number of hydrogen-bond acceptors (Lipinski definition) is 2. The van der Waals surface area contributed by atoms with E-state index in [1.165, 1.54) is 0 Å². The molecule has 0 aliphatic carbocycles. The molecule has 1 rings (SSSR count). The number of carbonyl (C=O) groups excluding carboxylic acids is 2. The van der Waals surface area contributed by atoms with Crippen molar-refractivity contribution in [2.45, 2.75) is 34.6 Å². The molecule has 0 aliphatic heterocycles. The molecule has 104 valence electrons. The van der Waals surface area contributed by atoms with E-state index in [-0.39, 0.29) is 23.7 Å². The number of rotatable bonds is 4. The summed E-state index contributed by atoms with van der Waals surface area (Å²) in [5.41, 5.74) is 2.34. The number of hydrogen-bond donors (Lipinski definition) is 2. The van der Waals surface area contributed by atoms with Crippen LogP contribution in [0.1, 0.15) is 33.3 Å². The first-order chi connectivity index (χ1) is 8.82. The minimum atomic E-state index is -0.0756. The topological polar surface area (TPSA) is 58.2 Å². The molecular formula is C15H22N2O2. The van der Waals surface area contributed by atoms with E-state index < -0.39 is 0 Å². The van der Waals surface area contributed by atoms with Crippen LogP contribution in [0.15, 0.2) is 18.2 Å². The van der Waals surface area contributed by atoms with Gasteiger partial charge < -0.3 is 10.6 Å². The lowest BCUT2D eigenvalue weighted by Crippen LogP contribution is -2.20. The number of benzene rings is 1. The molecule has 0 spiro atoms. The lowest BCUT2D eigenvalue weighted by atomic mass is 10.1. The van der Waals surface area contributed by atoms with Gasteiger partial charge in [0.05, 0.1) is 0 Å². The minimum Gasteiger partial charge on any atom is -0.326 e. The number of amides is 2. The maximum absolute atomic E-state index is 11.7. The van der Waals surface area contributed by atoms with E-state index in [0.29, 0.717) is 0 Å². The Bertz CT molecular complexity index is 439. The summed E-state index contributed by atoms with van der Waals surface area (Å²) >= 11 is 0. The van der Waals surface area contributed by atoms with Gasteiger partial charge >= 0.3 is 0 Å². The predicted octanol–water partition coefficient (Wildman–Crippen LogP) is 3.18. The monoisotopic (exact) mass is 262 g/mol. The van der Waals surface area contributed by atoms with Crippen LogP contribution >= 0.6 is 0 Å². The highest BCUT2D eigenvalue weighted by molar-refractivity contribution is 5.96. The van der Waals surface area contributed by atoms with E-state index in [4.69, 9.17) is 0 Å². The molecule has 0 saturated heterocycles. The Morgan fingerprint density at radius 1 is 0.895 bits per heavy atom. The molecule has 0 heterocycles. The molecule has 2 amide bonds. The SMILES string of the molecule is Cc1c(NC(=O)C(C)C)cccc1NC(=O)C(C)C. The van der Waals surface area contributed by atoms with Crippen LogP contribution in [-0.4, -0.2) is 11.8 Å². The molecular weight excluding hydrogens is 240 g/mol. The van der Waals surface area contributed by atoms with Gasteiger partial charge in [0, 0.05) is 23.2 Å². The average molecular weight is 262 g/mol. The Hall–Kier alpha value is -1.84. The predicted molar refractivity (Wildman–Crippen MR) is 78.1 cm³/mol. The lowest BCUT2D eigenvalue weighted by Gasteiger charge is -2.15. The van der Waals surface area contributed by atoms with Gasteiger partial charge in [0.15, 0.2) is 0 Å². The fraction of sp³-hybridized carbons (Fsp3) is 0.467. The summed E-state index contributed by atoms with van der Waals surface area (Å²) in [5, 5.41) is 5.72. The summed E-state index contributed by atoms with van der Waals surface area (Å²) < 4.78 is 0. The Balaban J connectivity index is 2.92. The van der Waals surface area contributed by atoms with Crippen molar-refractivity contribution in [3.63, 3.8) is 0 Å². The molecule has 0 fully saturated rings. The van der Waals surface area contributed by atoms with Crippen molar-refractivity contribution < 1.29 is 9.59 Å². The number of anilines is 2. The van der Waals surface area contributed by atoms with Gasteiger partial charge in [-0.15, -0.1) is 0 Å². The van der Waals surface area contributed by atoms with Crippen LogP contribution in [-0.2, 0) is 9.59 Å². The molecule has 0 bridgehead atoms. The maximum Gasteiger partial charge on any atom is 0.226 e. The third kappa shape index (κ3) is 4.09. The molecule has 2 N–H and O–H groups in total. The zero-order chi connectivity index (χ0) is 14.6. The largest absolute Gasteiger partial charge is 0.326 e. The second kappa shape index (κ2) is 6.36. The van der Waals surface area contributed by atoms with Crippen LogP contribution in [0.5, 0.6) is 0 Å². The summed E-state index contributed by atoms with van der Waals surface area (Å²) in [4.78, 5) is 23.4. The second-order valence-electron chi connectivity index (χ2n) is 5.27. The first-order valence-corrected chi connectivity index (χ1v) is 6.54. The van der Waals surface area contributed by atoms with Gasteiger partial charge in [-0.3, -0.25) is 9.59 Å². The summed E-state index contributed by atoms with van der Waals surface area (Å²) in [6.45, 7) is 9.25. The van der Waals surface area contributed by atoms with Crippen LogP contribution < -0.4 is 10.6 Å². The van der Waals surface area contributed by atoms with Crippen LogP contribution in [0.25, 0.3) is 0 Å². The zero-order valence-electron chi connectivity index (χ0n) is 12.2. The van der Waals surface area contributed by atoms with E-state index in [1.807, 2.05) is 52.8 Å². The Morgan fingerprint density at radius 2 is 1.26 bits per heavy atom. The van der Waals surface area contributed by atoms with Crippen LogP contribution in [0.2, 0.25) is 0 Å². The van der Waals surface area contributed by atoms with Gasteiger partial charge in [-0.2, -0.15) is 0 Å². The smallest absolute Gasteiger partial charge is 0.226 e. The quantitative estimate of drug-likeness (QED) is 0.875. The Labute approximate surface area is 114 Å². The third-order valence-electron chi connectivity index (χ3n) is 2.90. The van der Waals surface area contributed by atoms with E-state index in [1.54, 1.807) is 0 Å². The van der Waals surface area contributed by atoms with Crippen molar-refractivity contribution in [1.82, 2.24) is 0 Å². The summed E-state index contributed by atoms with van der Waals surface area (Å²) in [6, 6.07) is 5.49. The molecule has 0 unspecified atom stereocenters. The maximum atomic E-state index is 11.7. The molecule has 19 heavy (non-hydrogen) atoms. The van der Waals surface area contributed by atoms with Crippen molar-refractivity contribution in [2.24, 2.45) is 11.8 Å². The van der Waals surface area contributed by atoms with Gasteiger partial charge in [0.1, 0.15) is 0 Å². The molecule has 0 aromatic heterocycles. The summed E-state index contributed by atoms with van der Waals surface area (Å²) in [7, 11) is 0.